The first-order chi connectivity index (χ1) is 9.83. The van der Waals surface area contributed by atoms with Gasteiger partial charge in [-0.25, -0.2) is 0 Å². The third-order valence-electron chi connectivity index (χ3n) is 3.08. The summed E-state index contributed by atoms with van der Waals surface area (Å²) in [7, 11) is 0. The molecule has 1 aromatic heterocycles. The summed E-state index contributed by atoms with van der Waals surface area (Å²) in [6, 6.07) is 13.3. The number of nitrogens with zero attached hydrogens (tertiary/aromatic N) is 1. The number of carbonyl (C=O) groups is 1. The van der Waals surface area contributed by atoms with Crippen molar-refractivity contribution in [2.75, 3.05) is 6.61 Å². The third-order valence-corrected chi connectivity index (χ3v) is 3.08. The van der Waals surface area contributed by atoms with Crippen LogP contribution in [0.2, 0.25) is 0 Å². The van der Waals surface area contributed by atoms with Crippen molar-refractivity contribution in [3.63, 3.8) is 0 Å². The van der Waals surface area contributed by atoms with Crippen LogP contribution in [0.5, 0.6) is 5.75 Å². The van der Waals surface area contributed by atoms with Crippen LogP contribution < -0.4 is 10.1 Å². The number of nitrogens with one attached hydrogen (secondary N) is 1. The second-order valence-corrected chi connectivity index (χ2v) is 4.50. The predicted molar refractivity (Wildman–Crippen MR) is 76.0 cm³/mol. The van der Waals surface area contributed by atoms with Crippen molar-refractivity contribution in [3.05, 3.63) is 65.5 Å². The number of benzene rings is 1. The molecule has 0 saturated heterocycles. The summed E-state index contributed by atoms with van der Waals surface area (Å²) in [6.07, 6.45) is 3.58. The predicted octanol–water partition coefficient (Wildman–Crippen LogP) is 2.17. The molecule has 3 rings (SSSR count). The van der Waals surface area contributed by atoms with Gasteiger partial charge in [0.15, 0.2) is 0 Å². The molecule has 0 saturated carbocycles. The molecule has 0 aliphatic carbocycles. The fourth-order valence-corrected chi connectivity index (χ4v) is 2.03. The molecule has 0 bridgehead atoms. The minimum atomic E-state index is -0.120. The van der Waals surface area contributed by atoms with Crippen molar-refractivity contribution >= 4 is 12.0 Å². The highest BCUT2D eigenvalue weighted by atomic mass is 16.5. The van der Waals surface area contributed by atoms with E-state index in [0.29, 0.717) is 18.7 Å². The maximum Gasteiger partial charge on any atom is 0.251 e. The molecule has 4 heteroatoms. The van der Waals surface area contributed by atoms with Crippen molar-refractivity contribution in [2.24, 2.45) is 0 Å². The zero-order valence-electron chi connectivity index (χ0n) is 10.9. The van der Waals surface area contributed by atoms with Crippen molar-refractivity contribution < 1.29 is 9.53 Å². The van der Waals surface area contributed by atoms with E-state index in [1.54, 1.807) is 6.20 Å². The number of fused-ring (bicyclic) bond motifs is 1. The molecule has 20 heavy (non-hydrogen) atoms. The van der Waals surface area contributed by atoms with Crippen LogP contribution in [0.15, 0.2) is 54.2 Å². The van der Waals surface area contributed by atoms with Gasteiger partial charge in [0.2, 0.25) is 0 Å². The van der Waals surface area contributed by atoms with Crippen molar-refractivity contribution in [1.82, 2.24) is 10.3 Å². The lowest BCUT2D eigenvalue weighted by atomic mass is 10.1. The van der Waals surface area contributed by atoms with Gasteiger partial charge in [-0.1, -0.05) is 24.3 Å². The van der Waals surface area contributed by atoms with Crippen LogP contribution in [-0.2, 0) is 11.3 Å². The Labute approximate surface area is 117 Å². The number of ether oxygens (including phenoxy) is 1. The van der Waals surface area contributed by atoms with E-state index in [0.717, 1.165) is 17.0 Å². The monoisotopic (exact) mass is 266 g/mol. The first-order valence-corrected chi connectivity index (χ1v) is 6.43. The molecule has 2 aromatic rings. The van der Waals surface area contributed by atoms with Gasteiger partial charge in [-0.05, 0) is 24.3 Å². The summed E-state index contributed by atoms with van der Waals surface area (Å²) in [6.45, 7) is 0.712. The van der Waals surface area contributed by atoms with Crippen LogP contribution in [0.3, 0.4) is 0 Å². The molecule has 1 aromatic carbocycles. The molecule has 0 atom stereocenters. The van der Waals surface area contributed by atoms with Crippen LogP contribution >= 0.6 is 0 Å². The van der Waals surface area contributed by atoms with E-state index in [1.165, 1.54) is 0 Å². The molecule has 0 spiro atoms. The van der Waals surface area contributed by atoms with E-state index in [9.17, 15) is 4.79 Å². The minimum Gasteiger partial charge on any atom is -0.488 e. The second kappa shape index (κ2) is 5.57. The number of hydrogen-bond donors (Lipinski definition) is 1. The van der Waals surface area contributed by atoms with Gasteiger partial charge < -0.3 is 10.1 Å². The summed E-state index contributed by atoms with van der Waals surface area (Å²) >= 11 is 0. The first kappa shape index (κ1) is 12.4. The summed E-state index contributed by atoms with van der Waals surface area (Å²) < 4.78 is 5.56. The normalized spacial score (nSPS) is 12.9. The Morgan fingerprint density at radius 1 is 1.20 bits per heavy atom. The summed E-state index contributed by atoms with van der Waals surface area (Å²) in [5, 5.41) is 2.85. The van der Waals surface area contributed by atoms with Crippen LogP contribution in [0.4, 0.5) is 0 Å². The van der Waals surface area contributed by atoms with Crippen LogP contribution in [0.1, 0.15) is 11.3 Å². The van der Waals surface area contributed by atoms with Crippen LogP contribution in [0.25, 0.3) is 6.08 Å². The number of amides is 1. The molecule has 0 radical (unpaired) electrons. The average molecular weight is 266 g/mol. The molecule has 1 amide bonds. The molecular weight excluding hydrogens is 252 g/mol. The van der Waals surface area contributed by atoms with Gasteiger partial charge >= 0.3 is 0 Å². The number of hydrogen-bond acceptors (Lipinski definition) is 3. The van der Waals surface area contributed by atoms with Gasteiger partial charge in [0.1, 0.15) is 12.4 Å². The van der Waals surface area contributed by atoms with Gasteiger partial charge in [0.05, 0.1) is 17.8 Å². The molecule has 1 aliphatic rings. The van der Waals surface area contributed by atoms with Crippen LogP contribution in [-0.4, -0.2) is 17.5 Å². The van der Waals surface area contributed by atoms with Gasteiger partial charge in [-0.2, -0.15) is 0 Å². The lowest BCUT2D eigenvalue weighted by molar-refractivity contribution is -0.117. The van der Waals surface area contributed by atoms with Crippen molar-refractivity contribution in [1.29, 1.82) is 0 Å². The standard InChI is InChI=1S/C16H14N2O2/c19-16(18-10-14-6-3-4-8-17-14)13-9-12-5-1-2-7-15(12)20-11-13/h1-9H,10-11H2,(H,18,19). The lowest BCUT2D eigenvalue weighted by Gasteiger charge is -2.17. The Kier molecular flexibility index (Phi) is 3.46. The summed E-state index contributed by atoms with van der Waals surface area (Å²) in [4.78, 5) is 16.3. The van der Waals surface area contributed by atoms with Gasteiger partial charge in [0.25, 0.3) is 5.91 Å². The Bertz CT molecular complexity index is 651. The van der Waals surface area contributed by atoms with Crippen LogP contribution in [0, 0.1) is 0 Å². The van der Waals surface area contributed by atoms with Gasteiger partial charge in [0, 0.05) is 11.8 Å². The number of rotatable bonds is 3. The Hall–Kier alpha value is -2.62. The largest absolute Gasteiger partial charge is 0.488 e. The zero-order chi connectivity index (χ0) is 13.8. The summed E-state index contributed by atoms with van der Waals surface area (Å²) in [5.74, 6) is 0.693. The highest BCUT2D eigenvalue weighted by molar-refractivity contribution is 5.99. The van der Waals surface area contributed by atoms with Crippen molar-refractivity contribution in [2.45, 2.75) is 6.54 Å². The van der Waals surface area contributed by atoms with E-state index in [2.05, 4.69) is 10.3 Å². The van der Waals surface area contributed by atoms with Crippen molar-refractivity contribution in [3.8, 4) is 5.75 Å². The van der Waals surface area contributed by atoms with Gasteiger partial charge in [-0.15, -0.1) is 0 Å². The minimum absolute atomic E-state index is 0.120. The van der Waals surface area contributed by atoms with E-state index >= 15 is 0 Å². The number of pyridine rings is 1. The van der Waals surface area contributed by atoms with E-state index in [1.807, 2.05) is 48.5 Å². The third kappa shape index (κ3) is 2.69. The smallest absolute Gasteiger partial charge is 0.251 e. The van der Waals surface area contributed by atoms with E-state index < -0.39 is 0 Å². The summed E-state index contributed by atoms with van der Waals surface area (Å²) in [5.41, 5.74) is 2.39. The highest BCUT2D eigenvalue weighted by Crippen LogP contribution is 2.25. The molecule has 1 aliphatic heterocycles. The lowest BCUT2D eigenvalue weighted by Crippen LogP contribution is -2.28. The Morgan fingerprint density at radius 3 is 2.90 bits per heavy atom. The number of carbonyl (C=O) groups excluding carboxylic acids is 1. The fraction of sp³-hybridized carbons (Fsp3) is 0.125. The molecule has 0 unspecified atom stereocenters. The molecule has 100 valence electrons. The SMILES string of the molecule is O=C(NCc1ccccn1)C1=Cc2ccccc2OC1. The van der Waals surface area contributed by atoms with E-state index in [-0.39, 0.29) is 5.91 Å². The Balaban J connectivity index is 1.68. The molecular formula is C16H14N2O2. The van der Waals surface area contributed by atoms with E-state index in [4.69, 9.17) is 4.74 Å². The maximum absolute atomic E-state index is 12.1. The molecule has 0 fully saturated rings. The molecule has 4 nitrogen and oxygen atoms in total. The van der Waals surface area contributed by atoms with Gasteiger partial charge in [-0.3, -0.25) is 9.78 Å². The maximum atomic E-state index is 12.1. The highest BCUT2D eigenvalue weighted by Gasteiger charge is 2.16. The molecule has 2 heterocycles. The first-order valence-electron chi connectivity index (χ1n) is 6.43. The zero-order valence-corrected chi connectivity index (χ0v) is 10.9. The second-order valence-electron chi connectivity index (χ2n) is 4.50. The topological polar surface area (TPSA) is 51.2 Å². The Morgan fingerprint density at radius 2 is 2.05 bits per heavy atom. The molecule has 1 N–H and O–H groups in total. The average Bonchev–Trinajstić information content (AvgIpc) is 2.53. The number of aromatic nitrogens is 1. The quantitative estimate of drug-likeness (QED) is 0.926. The number of para-hydroxylation sites is 1. The fourth-order valence-electron chi connectivity index (χ4n) is 2.03.